The van der Waals surface area contributed by atoms with Crippen molar-refractivity contribution in [3.8, 4) is 0 Å². The lowest BCUT2D eigenvalue weighted by Gasteiger charge is -2.41. The van der Waals surface area contributed by atoms with Crippen molar-refractivity contribution >= 4 is 5.91 Å². The summed E-state index contributed by atoms with van der Waals surface area (Å²) >= 11 is 0. The van der Waals surface area contributed by atoms with Crippen LogP contribution in [0.2, 0.25) is 0 Å². The van der Waals surface area contributed by atoms with Crippen LogP contribution in [0.5, 0.6) is 0 Å². The van der Waals surface area contributed by atoms with E-state index in [0.717, 1.165) is 12.0 Å². The minimum Gasteiger partial charge on any atom is -0.346 e. The topological polar surface area (TPSA) is 56.4 Å². The largest absolute Gasteiger partial charge is 0.405 e. The fourth-order valence-electron chi connectivity index (χ4n) is 4.56. The Hall–Kier alpha value is -1.64. The molecule has 3 N–H and O–H groups in total. The number of allylic oxidation sites excluding steroid dienone is 1. The maximum absolute atomic E-state index is 13.3. The molecule has 4 rings (SSSR count). The smallest absolute Gasteiger partial charge is 0.346 e. The van der Waals surface area contributed by atoms with E-state index < -0.39 is 12.2 Å². The summed E-state index contributed by atoms with van der Waals surface area (Å²) in [7, 11) is 1.77. The molecule has 5 nitrogen and oxygen atoms in total. The van der Waals surface area contributed by atoms with E-state index in [0.29, 0.717) is 6.42 Å². The second kappa shape index (κ2) is 6.51. The summed E-state index contributed by atoms with van der Waals surface area (Å²) < 4.78 is 39.8. The Morgan fingerprint density at radius 2 is 2.04 bits per heavy atom. The number of hydrogen-bond acceptors (Lipinski definition) is 4. The summed E-state index contributed by atoms with van der Waals surface area (Å²) in [6, 6.07) is -1.81. The number of rotatable bonds is 2. The standard InChI is InChI=1S/C18H23F3N4O/c1-22-16-6-4-12(14-9-15(18(19,20)21)24-25(14)16)10-2-5-13-11(8-10)3-7-17(26)23-13/h2-5,7,10-11,13-16,22,24H,6,8-9H2,1H3,(H,23,26). The first-order chi connectivity index (χ1) is 12.4. The van der Waals surface area contributed by atoms with Crippen molar-refractivity contribution < 1.29 is 18.0 Å². The molecule has 0 aromatic carbocycles. The van der Waals surface area contributed by atoms with Gasteiger partial charge in [-0.2, -0.15) is 13.2 Å². The first-order valence-electron chi connectivity index (χ1n) is 9.02. The van der Waals surface area contributed by atoms with Gasteiger partial charge in [0.15, 0.2) is 0 Å². The number of halogens is 3. The molecule has 0 aromatic heterocycles. The quantitative estimate of drug-likeness (QED) is 0.649. The van der Waals surface area contributed by atoms with E-state index in [2.05, 4.69) is 22.1 Å². The fraction of sp³-hybridized carbons (Fsp3) is 0.611. The molecular weight excluding hydrogens is 345 g/mol. The van der Waals surface area contributed by atoms with E-state index >= 15 is 0 Å². The third-order valence-corrected chi connectivity index (χ3v) is 5.90. The Labute approximate surface area is 150 Å². The molecule has 6 atom stereocenters. The van der Waals surface area contributed by atoms with Crippen LogP contribution in [0.3, 0.4) is 0 Å². The normalized spacial score (nSPS) is 40.0. The molecule has 4 aliphatic rings. The molecule has 1 amide bonds. The molecule has 8 heteroatoms. The molecule has 0 spiro atoms. The van der Waals surface area contributed by atoms with Crippen molar-refractivity contribution in [1.82, 2.24) is 21.1 Å². The fourth-order valence-corrected chi connectivity index (χ4v) is 4.56. The highest BCUT2D eigenvalue weighted by molar-refractivity contribution is 5.89. The monoisotopic (exact) mass is 368 g/mol. The predicted octanol–water partition coefficient (Wildman–Crippen LogP) is 1.62. The van der Waals surface area contributed by atoms with E-state index in [4.69, 9.17) is 0 Å². The Morgan fingerprint density at radius 3 is 2.77 bits per heavy atom. The van der Waals surface area contributed by atoms with Gasteiger partial charge in [-0.1, -0.05) is 24.3 Å². The van der Waals surface area contributed by atoms with Crippen LogP contribution in [0.15, 0.2) is 36.0 Å². The molecular formula is C18H23F3N4O. The minimum absolute atomic E-state index is 0.0151. The maximum atomic E-state index is 13.3. The molecule has 1 aliphatic carbocycles. The molecule has 3 aliphatic heterocycles. The van der Waals surface area contributed by atoms with Gasteiger partial charge in [0, 0.05) is 17.9 Å². The molecule has 6 unspecified atom stereocenters. The van der Waals surface area contributed by atoms with E-state index in [9.17, 15) is 18.0 Å². The third kappa shape index (κ3) is 3.10. The Bertz CT molecular complexity index is 672. The Kier molecular flexibility index (Phi) is 4.45. The number of carbonyl (C=O) groups is 1. The van der Waals surface area contributed by atoms with Crippen molar-refractivity contribution in [2.45, 2.75) is 49.7 Å². The molecule has 3 heterocycles. The van der Waals surface area contributed by atoms with E-state index in [1.54, 1.807) is 18.1 Å². The average Bonchev–Trinajstić information content (AvgIpc) is 3.06. The lowest BCUT2D eigenvalue weighted by molar-refractivity contribution is -0.158. The van der Waals surface area contributed by atoms with Gasteiger partial charge in [0.2, 0.25) is 5.91 Å². The number of amides is 1. The van der Waals surface area contributed by atoms with Crippen LogP contribution < -0.4 is 16.1 Å². The van der Waals surface area contributed by atoms with Crippen LogP contribution in [0.1, 0.15) is 19.3 Å². The van der Waals surface area contributed by atoms with Crippen LogP contribution >= 0.6 is 0 Å². The molecule has 142 valence electrons. The molecule has 26 heavy (non-hydrogen) atoms. The van der Waals surface area contributed by atoms with Gasteiger partial charge in [-0.15, -0.1) is 0 Å². The lowest BCUT2D eigenvalue weighted by Crippen LogP contribution is -2.56. The van der Waals surface area contributed by atoms with Crippen LogP contribution in [-0.4, -0.2) is 48.4 Å². The summed E-state index contributed by atoms with van der Waals surface area (Å²) in [6.45, 7) is 0. The van der Waals surface area contributed by atoms with E-state index in [1.165, 1.54) is 0 Å². The number of carbonyl (C=O) groups excluding carboxylic acids is 1. The predicted molar refractivity (Wildman–Crippen MR) is 90.6 cm³/mol. The number of alkyl halides is 3. The van der Waals surface area contributed by atoms with Crippen molar-refractivity contribution in [2.75, 3.05) is 7.05 Å². The highest BCUT2D eigenvalue weighted by Crippen LogP contribution is 2.41. The van der Waals surface area contributed by atoms with Crippen LogP contribution in [-0.2, 0) is 4.79 Å². The van der Waals surface area contributed by atoms with Crippen LogP contribution in [0.25, 0.3) is 0 Å². The van der Waals surface area contributed by atoms with Gasteiger partial charge in [0.05, 0.1) is 12.2 Å². The van der Waals surface area contributed by atoms with Crippen molar-refractivity contribution in [3.63, 3.8) is 0 Å². The van der Waals surface area contributed by atoms with Gasteiger partial charge < -0.3 is 10.6 Å². The van der Waals surface area contributed by atoms with Crippen molar-refractivity contribution in [1.29, 1.82) is 0 Å². The highest BCUT2D eigenvalue weighted by Gasteiger charge is 2.51. The summed E-state index contributed by atoms with van der Waals surface area (Å²) in [4.78, 5) is 11.5. The first-order valence-corrected chi connectivity index (χ1v) is 9.02. The number of fused-ring (bicyclic) bond motifs is 2. The SMILES string of the molecule is CNC1CC=C(C2C=CC3NC(=O)C=CC3C2)C2CC(C(F)(F)F)NN12. The van der Waals surface area contributed by atoms with Gasteiger partial charge >= 0.3 is 6.18 Å². The summed E-state index contributed by atoms with van der Waals surface area (Å²) in [5.74, 6) is 0.184. The minimum atomic E-state index is -4.26. The number of nitrogens with zero attached hydrogens (tertiary/aromatic N) is 1. The van der Waals surface area contributed by atoms with Crippen molar-refractivity contribution in [3.05, 3.63) is 36.0 Å². The second-order valence-electron chi connectivity index (χ2n) is 7.41. The average molecular weight is 368 g/mol. The van der Waals surface area contributed by atoms with Crippen LogP contribution in [0.4, 0.5) is 13.2 Å². The van der Waals surface area contributed by atoms with Crippen molar-refractivity contribution in [2.24, 2.45) is 11.8 Å². The first kappa shape index (κ1) is 17.8. The van der Waals surface area contributed by atoms with E-state index in [1.807, 2.05) is 18.2 Å². The third-order valence-electron chi connectivity index (χ3n) is 5.90. The Morgan fingerprint density at radius 1 is 1.23 bits per heavy atom. The molecule has 0 bridgehead atoms. The molecule has 1 saturated heterocycles. The summed E-state index contributed by atoms with van der Waals surface area (Å²) in [5, 5.41) is 7.76. The zero-order valence-electron chi connectivity index (χ0n) is 14.5. The molecule has 0 radical (unpaired) electrons. The molecule has 0 saturated carbocycles. The van der Waals surface area contributed by atoms with E-state index in [-0.39, 0.29) is 42.4 Å². The van der Waals surface area contributed by atoms with Gasteiger partial charge in [-0.3, -0.25) is 4.79 Å². The van der Waals surface area contributed by atoms with Gasteiger partial charge in [-0.05, 0) is 38.0 Å². The summed E-state index contributed by atoms with van der Waals surface area (Å²) in [6.07, 6.45) is 6.68. The second-order valence-corrected chi connectivity index (χ2v) is 7.41. The zero-order valence-corrected chi connectivity index (χ0v) is 14.5. The Balaban J connectivity index is 1.57. The number of hydrazine groups is 1. The highest BCUT2D eigenvalue weighted by atomic mass is 19.4. The summed E-state index contributed by atoms with van der Waals surface area (Å²) in [5.41, 5.74) is 3.73. The zero-order chi connectivity index (χ0) is 18.5. The number of hydrogen-bond donors (Lipinski definition) is 3. The molecule has 0 aromatic rings. The van der Waals surface area contributed by atoms with Gasteiger partial charge in [0.1, 0.15) is 6.04 Å². The van der Waals surface area contributed by atoms with Gasteiger partial charge in [0.25, 0.3) is 0 Å². The molecule has 1 fully saturated rings. The van der Waals surface area contributed by atoms with Crippen LogP contribution in [0, 0.1) is 11.8 Å². The lowest BCUT2D eigenvalue weighted by atomic mass is 9.75. The number of nitrogens with one attached hydrogen (secondary N) is 3. The van der Waals surface area contributed by atoms with Gasteiger partial charge in [-0.25, -0.2) is 10.4 Å². The maximum Gasteiger partial charge on any atom is 0.405 e.